The molecule has 3 aromatic rings. The smallest absolute Gasteiger partial charge is 0.135 e. The Bertz CT molecular complexity index is 820. The average Bonchev–Trinajstić information content (AvgIpc) is 3.35. The first-order valence-corrected chi connectivity index (χ1v) is 10.2. The van der Waals surface area contributed by atoms with Crippen molar-refractivity contribution in [2.45, 2.75) is 45.1 Å². The van der Waals surface area contributed by atoms with Crippen LogP contribution in [0.25, 0.3) is 0 Å². The van der Waals surface area contributed by atoms with Gasteiger partial charge in [0, 0.05) is 48.5 Å². The van der Waals surface area contributed by atoms with Crippen LogP contribution in [0.2, 0.25) is 0 Å². The lowest BCUT2D eigenvalue weighted by Crippen LogP contribution is -2.35. The summed E-state index contributed by atoms with van der Waals surface area (Å²) in [6, 6.07) is 0. The molecule has 1 saturated heterocycles. The van der Waals surface area contributed by atoms with Crippen LogP contribution in [0.15, 0.2) is 35.8 Å². The molecule has 3 aromatic heterocycles. The van der Waals surface area contributed by atoms with Crippen LogP contribution >= 0.6 is 11.3 Å². The summed E-state index contributed by atoms with van der Waals surface area (Å²) in [6.45, 7) is 5.04. The molecule has 26 heavy (non-hydrogen) atoms. The van der Waals surface area contributed by atoms with Crippen molar-refractivity contribution in [3.05, 3.63) is 52.9 Å². The Kier molecular flexibility index (Phi) is 5.24. The van der Waals surface area contributed by atoms with Crippen molar-refractivity contribution in [2.75, 3.05) is 18.0 Å². The Morgan fingerprint density at radius 2 is 2.08 bits per heavy atom. The summed E-state index contributed by atoms with van der Waals surface area (Å²) in [7, 11) is 0. The van der Waals surface area contributed by atoms with E-state index in [9.17, 15) is 0 Å². The maximum absolute atomic E-state index is 4.66. The number of imidazole rings is 1. The second-order valence-corrected chi connectivity index (χ2v) is 7.49. The Labute approximate surface area is 158 Å². The number of hydrogen-bond acceptors (Lipinski definition) is 6. The topological polar surface area (TPSA) is 59.7 Å². The number of hydrogen-bond donors (Lipinski definition) is 0. The van der Waals surface area contributed by atoms with Crippen LogP contribution in [0, 0.1) is 0 Å². The van der Waals surface area contributed by atoms with Gasteiger partial charge in [0.15, 0.2) is 0 Å². The highest BCUT2D eigenvalue weighted by Crippen LogP contribution is 2.30. The van der Waals surface area contributed by atoms with Gasteiger partial charge in [0.1, 0.15) is 18.0 Å². The molecular formula is C19H24N6S. The molecule has 0 atom stereocenters. The molecule has 0 aromatic carbocycles. The average molecular weight is 369 g/mol. The Morgan fingerprint density at radius 3 is 2.85 bits per heavy atom. The molecular weight excluding hydrogens is 344 g/mol. The molecule has 0 N–H and O–H groups in total. The monoisotopic (exact) mass is 368 g/mol. The summed E-state index contributed by atoms with van der Waals surface area (Å²) in [5.41, 5.74) is 4.26. The molecule has 1 aliphatic rings. The van der Waals surface area contributed by atoms with Crippen molar-refractivity contribution in [2.24, 2.45) is 0 Å². The highest BCUT2D eigenvalue weighted by Gasteiger charge is 2.25. The minimum Gasteiger partial charge on any atom is -0.356 e. The molecule has 136 valence electrons. The number of anilines is 1. The van der Waals surface area contributed by atoms with Crippen LogP contribution in [0.5, 0.6) is 0 Å². The summed E-state index contributed by atoms with van der Waals surface area (Å²) in [4.78, 5) is 20.2. The maximum Gasteiger partial charge on any atom is 0.135 e. The molecule has 0 unspecified atom stereocenters. The van der Waals surface area contributed by atoms with E-state index in [4.69, 9.17) is 0 Å². The van der Waals surface area contributed by atoms with Crippen molar-refractivity contribution < 1.29 is 0 Å². The number of aryl methyl sites for hydroxylation is 1. The molecule has 1 aliphatic heterocycles. The molecule has 0 spiro atoms. The van der Waals surface area contributed by atoms with Gasteiger partial charge in [0.25, 0.3) is 0 Å². The van der Waals surface area contributed by atoms with Crippen LogP contribution in [-0.4, -0.2) is 37.6 Å². The summed E-state index contributed by atoms with van der Waals surface area (Å²) < 4.78 is 2.25. The first-order chi connectivity index (χ1) is 12.8. The zero-order chi connectivity index (χ0) is 17.8. The largest absolute Gasteiger partial charge is 0.356 e. The molecule has 7 heteroatoms. The van der Waals surface area contributed by atoms with E-state index in [-0.39, 0.29) is 0 Å². The maximum atomic E-state index is 4.66. The molecule has 0 bridgehead atoms. The molecule has 1 fully saturated rings. The molecule has 6 nitrogen and oxygen atoms in total. The molecule has 4 rings (SSSR count). The normalized spacial score (nSPS) is 15.5. The number of thiazole rings is 1. The third-order valence-corrected chi connectivity index (χ3v) is 5.64. The summed E-state index contributed by atoms with van der Waals surface area (Å²) >= 11 is 1.64. The highest BCUT2D eigenvalue weighted by molar-refractivity contribution is 7.07. The van der Waals surface area contributed by atoms with Crippen molar-refractivity contribution in [1.82, 2.24) is 24.5 Å². The van der Waals surface area contributed by atoms with Gasteiger partial charge in [0.05, 0.1) is 17.7 Å². The minimum absolute atomic E-state index is 0.497. The fraction of sp³-hybridized carbons (Fsp3) is 0.474. The zero-order valence-corrected chi connectivity index (χ0v) is 15.9. The van der Waals surface area contributed by atoms with Crippen LogP contribution in [0.4, 0.5) is 5.82 Å². The first-order valence-electron chi connectivity index (χ1n) is 9.27. The summed E-state index contributed by atoms with van der Waals surface area (Å²) in [6.07, 6.45) is 12.0. The van der Waals surface area contributed by atoms with E-state index in [1.165, 1.54) is 11.4 Å². The van der Waals surface area contributed by atoms with Crippen molar-refractivity contribution >= 4 is 17.2 Å². The highest BCUT2D eigenvalue weighted by atomic mass is 32.1. The molecule has 4 heterocycles. The lowest BCUT2D eigenvalue weighted by atomic mass is 9.95. The zero-order valence-electron chi connectivity index (χ0n) is 15.1. The Balaban J connectivity index is 1.44. The van der Waals surface area contributed by atoms with Gasteiger partial charge in [-0.1, -0.05) is 13.3 Å². The molecule has 0 radical (unpaired) electrons. The Hall–Kier alpha value is -2.28. The van der Waals surface area contributed by atoms with Crippen LogP contribution in [-0.2, 0) is 13.0 Å². The number of rotatable bonds is 6. The van der Waals surface area contributed by atoms with E-state index in [2.05, 4.69) is 47.9 Å². The number of aromatic nitrogens is 5. The van der Waals surface area contributed by atoms with Crippen molar-refractivity contribution in [3.63, 3.8) is 0 Å². The van der Waals surface area contributed by atoms with Crippen molar-refractivity contribution in [1.29, 1.82) is 0 Å². The fourth-order valence-corrected chi connectivity index (χ4v) is 4.29. The third-order valence-electron chi connectivity index (χ3n) is 5.01. The predicted molar refractivity (Wildman–Crippen MR) is 104 cm³/mol. The standard InChI is InChI=1S/C19H24N6S/c1-2-3-16-10-20-13-22-19(16)24-7-4-15(5-8-24)18-21-6-9-25(18)11-17-12-26-14-23-17/h6,9-10,12-15H,2-5,7-8,11H2,1H3. The lowest BCUT2D eigenvalue weighted by molar-refractivity contribution is 0.467. The van der Waals surface area contributed by atoms with Crippen LogP contribution in [0.1, 0.15) is 49.2 Å². The fourth-order valence-electron chi connectivity index (χ4n) is 3.74. The SMILES string of the molecule is CCCc1cncnc1N1CCC(c2nccn2Cc2cscn2)CC1. The second-order valence-electron chi connectivity index (χ2n) is 6.78. The molecule has 0 aliphatic carbocycles. The summed E-state index contributed by atoms with van der Waals surface area (Å²) in [5, 5.41) is 2.11. The summed E-state index contributed by atoms with van der Waals surface area (Å²) in [5.74, 6) is 2.80. The van der Waals surface area contributed by atoms with E-state index in [0.717, 1.165) is 56.8 Å². The van der Waals surface area contributed by atoms with Gasteiger partial charge in [0.2, 0.25) is 0 Å². The van der Waals surface area contributed by atoms with E-state index in [1.807, 2.05) is 17.9 Å². The minimum atomic E-state index is 0.497. The van der Waals surface area contributed by atoms with Crippen LogP contribution in [0.3, 0.4) is 0 Å². The second kappa shape index (κ2) is 7.95. The Morgan fingerprint density at radius 1 is 1.19 bits per heavy atom. The quantitative estimate of drug-likeness (QED) is 0.666. The van der Waals surface area contributed by atoms with Gasteiger partial charge in [-0.25, -0.2) is 19.9 Å². The molecule has 0 amide bonds. The van der Waals surface area contributed by atoms with Crippen molar-refractivity contribution in [3.8, 4) is 0 Å². The van der Waals surface area contributed by atoms with Gasteiger partial charge in [-0.3, -0.25) is 0 Å². The third kappa shape index (κ3) is 3.62. The van der Waals surface area contributed by atoms with Gasteiger partial charge < -0.3 is 9.47 Å². The predicted octanol–water partition coefficient (Wildman–Crippen LogP) is 3.51. The van der Waals surface area contributed by atoms with Crippen LogP contribution < -0.4 is 4.90 Å². The van der Waals surface area contributed by atoms with E-state index in [0.29, 0.717) is 5.92 Å². The van der Waals surface area contributed by atoms with Gasteiger partial charge in [-0.15, -0.1) is 11.3 Å². The van der Waals surface area contributed by atoms with Gasteiger partial charge in [-0.2, -0.15) is 0 Å². The van der Waals surface area contributed by atoms with E-state index < -0.39 is 0 Å². The van der Waals surface area contributed by atoms with Gasteiger partial charge >= 0.3 is 0 Å². The van der Waals surface area contributed by atoms with E-state index >= 15 is 0 Å². The first kappa shape index (κ1) is 17.1. The number of piperidine rings is 1. The van der Waals surface area contributed by atoms with E-state index in [1.54, 1.807) is 17.7 Å². The molecule has 0 saturated carbocycles. The van der Waals surface area contributed by atoms with Gasteiger partial charge in [-0.05, 0) is 19.3 Å². The lowest BCUT2D eigenvalue weighted by Gasteiger charge is -2.33. The number of nitrogens with zero attached hydrogens (tertiary/aromatic N) is 6.